The molecule has 1 nitrogen and oxygen atoms in total. The van der Waals surface area contributed by atoms with Gasteiger partial charge in [0.1, 0.15) is 0 Å². The quantitative estimate of drug-likeness (QED) is 0.495. The Labute approximate surface area is 137 Å². The predicted molar refractivity (Wildman–Crippen MR) is 91.7 cm³/mol. The van der Waals surface area contributed by atoms with Crippen molar-refractivity contribution < 1.29 is 4.79 Å². The molecule has 0 N–H and O–H groups in total. The second kappa shape index (κ2) is 5.80. The van der Waals surface area contributed by atoms with Gasteiger partial charge in [-0.2, -0.15) is 0 Å². The van der Waals surface area contributed by atoms with E-state index in [1.165, 1.54) is 10.1 Å². The van der Waals surface area contributed by atoms with Gasteiger partial charge in [0.2, 0.25) is 0 Å². The number of ketones is 1. The standard InChI is InChI=1S/C16H10Br2OS/c17-12-5-10(6-13(18)8-12)15(19)7-11-9-20-16-4-2-1-3-14(11)16/h1-6,8-9H,7H2. The molecule has 3 aromatic rings. The van der Waals surface area contributed by atoms with E-state index in [4.69, 9.17) is 0 Å². The monoisotopic (exact) mass is 408 g/mol. The molecule has 0 aliphatic carbocycles. The molecule has 0 unspecified atom stereocenters. The smallest absolute Gasteiger partial charge is 0.167 e. The van der Waals surface area contributed by atoms with Crippen molar-refractivity contribution in [3.63, 3.8) is 0 Å². The number of rotatable bonds is 3. The number of fused-ring (bicyclic) bond motifs is 1. The van der Waals surface area contributed by atoms with Gasteiger partial charge in [0.05, 0.1) is 0 Å². The van der Waals surface area contributed by atoms with Crippen molar-refractivity contribution in [2.75, 3.05) is 0 Å². The lowest BCUT2D eigenvalue weighted by atomic mass is 10.0. The lowest BCUT2D eigenvalue weighted by molar-refractivity contribution is 0.0993. The minimum absolute atomic E-state index is 0.135. The molecule has 0 bridgehead atoms. The van der Waals surface area contributed by atoms with E-state index in [1.54, 1.807) is 11.3 Å². The van der Waals surface area contributed by atoms with Crippen LogP contribution in [0.2, 0.25) is 0 Å². The zero-order valence-corrected chi connectivity index (χ0v) is 14.4. The number of carbonyl (C=O) groups excluding carboxylic acids is 1. The number of hydrogen-bond acceptors (Lipinski definition) is 2. The molecular formula is C16H10Br2OS. The first-order valence-electron chi connectivity index (χ1n) is 6.08. The highest BCUT2D eigenvalue weighted by Crippen LogP contribution is 2.27. The maximum atomic E-state index is 12.4. The van der Waals surface area contributed by atoms with Crippen molar-refractivity contribution >= 4 is 59.1 Å². The summed E-state index contributed by atoms with van der Waals surface area (Å²) in [6, 6.07) is 13.9. The molecule has 2 aromatic carbocycles. The molecule has 0 fully saturated rings. The average Bonchev–Trinajstić information content (AvgIpc) is 2.81. The van der Waals surface area contributed by atoms with Crippen molar-refractivity contribution in [2.24, 2.45) is 0 Å². The highest BCUT2D eigenvalue weighted by Gasteiger charge is 2.12. The van der Waals surface area contributed by atoms with E-state index < -0.39 is 0 Å². The molecule has 20 heavy (non-hydrogen) atoms. The van der Waals surface area contributed by atoms with Gasteiger partial charge in [-0.1, -0.05) is 50.1 Å². The van der Waals surface area contributed by atoms with Gasteiger partial charge in [-0.25, -0.2) is 0 Å². The molecule has 100 valence electrons. The van der Waals surface area contributed by atoms with Crippen LogP contribution in [-0.4, -0.2) is 5.78 Å². The zero-order chi connectivity index (χ0) is 14.1. The normalized spacial score (nSPS) is 10.9. The largest absolute Gasteiger partial charge is 0.294 e. The van der Waals surface area contributed by atoms with Crippen LogP contribution < -0.4 is 0 Å². The highest BCUT2D eigenvalue weighted by molar-refractivity contribution is 9.11. The van der Waals surface area contributed by atoms with E-state index in [-0.39, 0.29) is 5.78 Å². The van der Waals surface area contributed by atoms with Crippen LogP contribution in [0.25, 0.3) is 10.1 Å². The molecule has 0 aliphatic heterocycles. The van der Waals surface area contributed by atoms with E-state index in [1.807, 2.05) is 30.3 Å². The number of carbonyl (C=O) groups is 1. The topological polar surface area (TPSA) is 17.1 Å². The van der Waals surface area contributed by atoms with Gasteiger partial charge < -0.3 is 0 Å². The highest BCUT2D eigenvalue weighted by atomic mass is 79.9. The van der Waals surface area contributed by atoms with Gasteiger partial charge in [-0.05, 0) is 40.6 Å². The Morgan fingerprint density at radius 2 is 1.75 bits per heavy atom. The van der Waals surface area contributed by atoms with E-state index >= 15 is 0 Å². The second-order valence-corrected chi connectivity index (χ2v) is 7.26. The first-order valence-corrected chi connectivity index (χ1v) is 8.54. The molecular weight excluding hydrogens is 400 g/mol. The number of Topliss-reactive ketones (excluding diaryl/α,β-unsaturated/α-hetero) is 1. The molecule has 3 rings (SSSR count). The molecule has 4 heteroatoms. The lowest BCUT2D eigenvalue weighted by Crippen LogP contribution is -2.03. The molecule has 0 aliphatic rings. The van der Waals surface area contributed by atoms with Crippen LogP contribution in [0, 0.1) is 0 Å². The Morgan fingerprint density at radius 3 is 2.50 bits per heavy atom. The fraction of sp³-hybridized carbons (Fsp3) is 0.0625. The summed E-state index contributed by atoms with van der Waals surface area (Å²) in [6.07, 6.45) is 0.437. The Hall–Kier alpha value is -0.970. The third kappa shape index (κ3) is 2.87. The van der Waals surface area contributed by atoms with Gasteiger partial charge in [-0.15, -0.1) is 11.3 Å². The van der Waals surface area contributed by atoms with Gasteiger partial charge in [0.25, 0.3) is 0 Å². The summed E-state index contributed by atoms with van der Waals surface area (Å²) in [7, 11) is 0. The number of benzene rings is 2. The summed E-state index contributed by atoms with van der Waals surface area (Å²) in [5.41, 5.74) is 1.83. The Morgan fingerprint density at radius 1 is 1.05 bits per heavy atom. The summed E-state index contributed by atoms with van der Waals surface area (Å²) < 4.78 is 3.04. The zero-order valence-electron chi connectivity index (χ0n) is 10.4. The molecule has 0 saturated heterocycles. The van der Waals surface area contributed by atoms with E-state index in [0.717, 1.165) is 20.1 Å². The number of halogens is 2. The van der Waals surface area contributed by atoms with Gasteiger partial charge in [0, 0.05) is 25.6 Å². The third-order valence-corrected chi connectivity index (χ3v) is 5.02. The first-order chi connectivity index (χ1) is 9.63. The lowest BCUT2D eigenvalue weighted by Gasteiger charge is -2.03. The summed E-state index contributed by atoms with van der Waals surface area (Å²) in [6.45, 7) is 0. The Kier molecular flexibility index (Phi) is 4.06. The number of thiophene rings is 1. The average molecular weight is 410 g/mol. The minimum atomic E-state index is 0.135. The van der Waals surface area contributed by atoms with Crippen molar-refractivity contribution in [3.8, 4) is 0 Å². The Balaban J connectivity index is 1.92. The summed E-state index contributed by atoms with van der Waals surface area (Å²) in [5, 5.41) is 3.26. The van der Waals surface area contributed by atoms with Crippen LogP contribution in [0.3, 0.4) is 0 Å². The van der Waals surface area contributed by atoms with Crippen LogP contribution in [0.15, 0.2) is 56.8 Å². The third-order valence-electron chi connectivity index (χ3n) is 3.10. The van der Waals surface area contributed by atoms with Crippen molar-refractivity contribution in [1.29, 1.82) is 0 Å². The van der Waals surface area contributed by atoms with E-state index in [2.05, 4.69) is 49.4 Å². The van der Waals surface area contributed by atoms with Crippen molar-refractivity contribution in [3.05, 3.63) is 67.9 Å². The summed E-state index contributed by atoms with van der Waals surface area (Å²) in [5.74, 6) is 0.135. The SMILES string of the molecule is O=C(Cc1csc2ccccc12)c1cc(Br)cc(Br)c1. The van der Waals surface area contributed by atoms with Crippen LogP contribution in [-0.2, 0) is 6.42 Å². The molecule has 0 amide bonds. The maximum absolute atomic E-state index is 12.4. The summed E-state index contributed by atoms with van der Waals surface area (Å²) in [4.78, 5) is 12.4. The van der Waals surface area contributed by atoms with Gasteiger partial charge >= 0.3 is 0 Å². The van der Waals surface area contributed by atoms with Crippen molar-refractivity contribution in [1.82, 2.24) is 0 Å². The van der Waals surface area contributed by atoms with Crippen LogP contribution >= 0.6 is 43.2 Å². The molecule has 0 saturated carbocycles. The fourth-order valence-electron chi connectivity index (χ4n) is 2.16. The minimum Gasteiger partial charge on any atom is -0.294 e. The van der Waals surface area contributed by atoms with Gasteiger partial charge in [-0.3, -0.25) is 4.79 Å². The molecule has 1 heterocycles. The molecule has 0 spiro atoms. The fourth-order valence-corrected chi connectivity index (χ4v) is 4.42. The number of hydrogen-bond donors (Lipinski definition) is 0. The van der Waals surface area contributed by atoms with E-state index in [9.17, 15) is 4.79 Å². The van der Waals surface area contributed by atoms with Crippen LogP contribution in [0.5, 0.6) is 0 Å². The van der Waals surface area contributed by atoms with Crippen LogP contribution in [0.4, 0.5) is 0 Å². The van der Waals surface area contributed by atoms with Gasteiger partial charge in [0.15, 0.2) is 5.78 Å². The Bertz CT molecular complexity index is 772. The second-order valence-electron chi connectivity index (χ2n) is 4.52. The molecule has 0 radical (unpaired) electrons. The molecule has 0 atom stereocenters. The summed E-state index contributed by atoms with van der Waals surface area (Å²) >= 11 is 8.52. The maximum Gasteiger partial charge on any atom is 0.167 e. The van der Waals surface area contributed by atoms with Crippen molar-refractivity contribution in [2.45, 2.75) is 6.42 Å². The van der Waals surface area contributed by atoms with E-state index in [0.29, 0.717) is 6.42 Å². The van der Waals surface area contributed by atoms with Crippen LogP contribution in [0.1, 0.15) is 15.9 Å². The predicted octanol–water partition coefficient (Wildman–Crippen LogP) is 5.85. The first kappa shape index (κ1) is 14.0. The molecule has 1 aromatic heterocycles.